The van der Waals surface area contributed by atoms with Gasteiger partial charge in [0.25, 0.3) is 20.9 Å². The average molecular weight is 416 g/mol. The summed E-state index contributed by atoms with van der Waals surface area (Å²) in [6.45, 7) is 0. The first-order chi connectivity index (χ1) is 12.1. The number of hydrogen-bond donors (Lipinski definition) is 1. The van der Waals surface area contributed by atoms with Crippen LogP contribution in [-0.2, 0) is 10.0 Å². The van der Waals surface area contributed by atoms with Gasteiger partial charge >= 0.3 is 0 Å². The Bertz CT molecular complexity index is 946. The highest BCUT2D eigenvalue weighted by molar-refractivity contribution is 8.13. The van der Waals surface area contributed by atoms with Gasteiger partial charge in [-0.05, 0) is 48.2 Å². The van der Waals surface area contributed by atoms with Crippen LogP contribution in [0.2, 0.25) is 5.02 Å². The number of carbonyl (C=O) groups excluding carboxylic acids is 1. The maximum Gasteiger partial charge on any atom is 0.289 e. The van der Waals surface area contributed by atoms with Gasteiger partial charge in [0, 0.05) is 30.7 Å². The fourth-order valence-electron chi connectivity index (χ4n) is 1.80. The molecule has 0 saturated carbocycles. The van der Waals surface area contributed by atoms with Crippen molar-refractivity contribution in [2.45, 2.75) is 9.79 Å². The minimum atomic E-state index is -4.03. The molecule has 26 heavy (non-hydrogen) atoms. The van der Waals surface area contributed by atoms with Gasteiger partial charge in [-0.15, -0.1) is 0 Å². The first-order valence-corrected chi connectivity index (χ1v) is 9.74. The van der Waals surface area contributed by atoms with E-state index in [4.69, 9.17) is 11.6 Å². The molecule has 138 valence electrons. The number of halogens is 1. The Kier molecular flexibility index (Phi) is 6.11. The third-order valence-electron chi connectivity index (χ3n) is 3.10. The molecule has 0 unspecified atom stereocenters. The summed E-state index contributed by atoms with van der Waals surface area (Å²) in [5.74, 6) is 0. The minimum absolute atomic E-state index is 0.152. The maximum absolute atomic E-state index is 12.4. The molecule has 2 rings (SSSR count). The van der Waals surface area contributed by atoms with Gasteiger partial charge < -0.3 is 4.90 Å². The molecule has 0 bridgehead atoms. The Labute approximate surface area is 159 Å². The van der Waals surface area contributed by atoms with Crippen LogP contribution in [0, 0.1) is 10.1 Å². The molecule has 8 nitrogen and oxygen atoms in total. The van der Waals surface area contributed by atoms with Crippen molar-refractivity contribution in [3.8, 4) is 0 Å². The van der Waals surface area contributed by atoms with E-state index in [0.717, 1.165) is 23.9 Å². The predicted molar refractivity (Wildman–Crippen MR) is 100 cm³/mol. The maximum atomic E-state index is 12.4. The van der Waals surface area contributed by atoms with Crippen LogP contribution < -0.4 is 4.72 Å². The number of hydrogen-bond acceptors (Lipinski definition) is 6. The van der Waals surface area contributed by atoms with Crippen molar-refractivity contribution in [1.82, 2.24) is 4.90 Å². The van der Waals surface area contributed by atoms with Crippen molar-refractivity contribution >= 4 is 50.0 Å². The molecule has 0 aromatic heterocycles. The van der Waals surface area contributed by atoms with Gasteiger partial charge in [-0.25, -0.2) is 8.42 Å². The van der Waals surface area contributed by atoms with Crippen LogP contribution in [0.1, 0.15) is 0 Å². The molecular weight excluding hydrogens is 402 g/mol. The highest BCUT2D eigenvalue weighted by Gasteiger charge is 2.21. The van der Waals surface area contributed by atoms with Gasteiger partial charge in [0.1, 0.15) is 5.02 Å². The first kappa shape index (κ1) is 20.0. The summed E-state index contributed by atoms with van der Waals surface area (Å²) in [7, 11) is -0.774. The van der Waals surface area contributed by atoms with Crippen LogP contribution in [0.5, 0.6) is 0 Å². The number of sulfonamides is 1. The van der Waals surface area contributed by atoms with Gasteiger partial charge in [0.15, 0.2) is 0 Å². The van der Waals surface area contributed by atoms with Crippen molar-refractivity contribution in [3.63, 3.8) is 0 Å². The molecule has 0 saturated heterocycles. The monoisotopic (exact) mass is 415 g/mol. The Morgan fingerprint density at radius 2 is 1.81 bits per heavy atom. The molecule has 0 aliphatic carbocycles. The second-order valence-corrected chi connectivity index (χ2v) is 8.38. The molecule has 11 heteroatoms. The molecule has 2 aromatic rings. The molecular formula is C15H14ClN3O5S2. The van der Waals surface area contributed by atoms with E-state index in [-0.39, 0.29) is 20.8 Å². The second-order valence-electron chi connectivity index (χ2n) is 5.26. The number of rotatable bonds is 5. The van der Waals surface area contributed by atoms with Crippen molar-refractivity contribution < 1.29 is 18.1 Å². The highest BCUT2D eigenvalue weighted by atomic mass is 35.5. The minimum Gasteiger partial charge on any atom is -0.339 e. The van der Waals surface area contributed by atoms with Gasteiger partial charge in [0.05, 0.1) is 9.82 Å². The number of nitro benzene ring substituents is 1. The number of nitrogens with one attached hydrogen (secondary N) is 1. The van der Waals surface area contributed by atoms with E-state index in [1.54, 1.807) is 26.2 Å². The smallest absolute Gasteiger partial charge is 0.289 e. The zero-order valence-corrected chi connectivity index (χ0v) is 16.1. The van der Waals surface area contributed by atoms with E-state index in [2.05, 4.69) is 4.72 Å². The number of nitro groups is 1. The molecule has 0 heterocycles. The first-order valence-electron chi connectivity index (χ1n) is 7.06. The Balaban J connectivity index is 2.20. The summed E-state index contributed by atoms with van der Waals surface area (Å²) in [5, 5.41) is 10.6. The normalized spacial score (nSPS) is 11.0. The fraction of sp³-hybridized carbons (Fsp3) is 0.133. The molecule has 0 radical (unpaired) electrons. The Morgan fingerprint density at radius 3 is 2.35 bits per heavy atom. The van der Waals surface area contributed by atoms with Gasteiger partial charge in [-0.3, -0.25) is 19.6 Å². The molecule has 0 aliphatic rings. The molecule has 1 N–H and O–H groups in total. The van der Waals surface area contributed by atoms with Crippen LogP contribution in [-0.4, -0.2) is 37.6 Å². The molecule has 2 aromatic carbocycles. The van der Waals surface area contributed by atoms with Gasteiger partial charge in [-0.1, -0.05) is 11.6 Å². The molecule has 0 fully saturated rings. The summed E-state index contributed by atoms with van der Waals surface area (Å²) in [6, 6.07) is 9.39. The average Bonchev–Trinajstić information content (AvgIpc) is 2.56. The van der Waals surface area contributed by atoms with E-state index in [9.17, 15) is 23.3 Å². The van der Waals surface area contributed by atoms with E-state index in [1.807, 2.05) is 0 Å². The lowest BCUT2D eigenvalue weighted by atomic mass is 10.3. The summed E-state index contributed by atoms with van der Waals surface area (Å²) in [6.07, 6.45) is 0. The van der Waals surface area contributed by atoms with Gasteiger partial charge in [-0.2, -0.15) is 0 Å². The van der Waals surface area contributed by atoms with Crippen LogP contribution in [0.15, 0.2) is 52.3 Å². The zero-order valence-electron chi connectivity index (χ0n) is 13.7. The van der Waals surface area contributed by atoms with E-state index >= 15 is 0 Å². The summed E-state index contributed by atoms with van der Waals surface area (Å²) in [4.78, 5) is 23.6. The van der Waals surface area contributed by atoms with Crippen LogP contribution in [0.25, 0.3) is 0 Å². The standard InChI is InChI=1S/C15H14ClN3O5S2/c1-18(2)15(20)25-11-5-3-10(4-6-11)17-26(23,24)12-7-8-13(16)14(9-12)19(21)22/h3-9,17H,1-2H3. The third-order valence-corrected chi connectivity index (χ3v) is 5.85. The second kappa shape index (κ2) is 7.94. The van der Waals surface area contributed by atoms with Crippen LogP contribution in [0.4, 0.5) is 16.2 Å². The lowest BCUT2D eigenvalue weighted by Gasteiger charge is -2.11. The number of amides is 1. The van der Waals surface area contributed by atoms with Crippen molar-refractivity contribution in [3.05, 3.63) is 57.6 Å². The van der Waals surface area contributed by atoms with E-state index in [1.165, 1.54) is 23.1 Å². The third kappa shape index (κ3) is 4.87. The highest BCUT2D eigenvalue weighted by Crippen LogP contribution is 2.28. The summed E-state index contributed by atoms with van der Waals surface area (Å²) in [5.41, 5.74) is -0.243. The number of carbonyl (C=O) groups is 1. The van der Waals surface area contributed by atoms with Crippen LogP contribution in [0.3, 0.4) is 0 Å². The fourth-order valence-corrected chi connectivity index (χ4v) is 3.72. The SMILES string of the molecule is CN(C)C(=O)Sc1ccc(NS(=O)(=O)c2ccc(Cl)c([N+](=O)[O-])c2)cc1. The number of nitrogens with zero attached hydrogens (tertiary/aromatic N) is 2. The molecule has 0 spiro atoms. The lowest BCUT2D eigenvalue weighted by Crippen LogP contribution is -2.16. The zero-order chi connectivity index (χ0) is 19.5. The Hall–Kier alpha value is -2.30. The number of benzene rings is 2. The van der Waals surface area contributed by atoms with E-state index in [0.29, 0.717) is 4.90 Å². The quantitative estimate of drug-likeness (QED) is 0.451. The van der Waals surface area contributed by atoms with Crippen molar-refractivity contribution in [1.29, 1.82) is 0 Å². The predicted octanol–water partition coefficient (Wildman–Crippen LogP) is 3.82. The molecule has 0 atom stereocenters. The molecule has 0 aliphatic heterocycles. The van der Waals surface area contributed by atoms with Crippen molar-refractivity contribution in [2.24, 2.45) is 0 Å². The largest absolute Gasteiger partial charge is 0.339 e. The number of thioether (sulfide) groups is 1. The van der Waals surface area contributed by atoms with Gasteiger partial charge in [0.2, 0.25) is 0 Å². The summed E-state index contributed by atoms with van der Waals surface area (Å²) < 4.78 is 27.1. The number of anilines is 1. The van der Waals surface area contributed by atoms with E-state index < -0.39 is 20.6 Å². The summed E-state index contributed by atoms with van der Waals surface area (Å²) >= 11 is 6.69. The van der Waals surface area contributed by atoms with Crippen molar-refractivity contribution in [2.75, 3.05) is 18.8 Å². The Morgan fingerprint density at radius 1 is 1.19 bits per heavy atom. The van der Waals surface area contributed by atoms with Crippen LogP contribution >= 0.6 is 23.4 Å². The molecule has 1 amide bonds. The lowest BCUT2D eigenvalue weighted by molar-refractivity contribution is -0.384. The topological polar surface area (TPSA) is 110 Å².